The van der Waals surface area contributed by atoms with Crippen LogP contribution in [0.15, 0.2) is 48.5 Å². The van der Waals surface area contributed by atoms with Gasteiger partial charge in [-0.2, -0.15) is 0 Å². The Balaban J connectivity index is 1.50. The monoisotopic (exact) mass is 440 g/mol. The topological polar surface area (TPSA) is 102 Å². The van der Waals surface area contributed by atoms with Gasteiger partial charge in [0.25, 0.3) is 11.8 Å². The number of amides is 2. The highest BCUT2D eigenvalue weighted by molar-refractivity contribution is 7.13. The van der Waals surface area contributed by atoms with Crippen molar-refractivity contribution in [2.75, 3.05) is 19.0 Å². The van der Waals surface area contributed by atoms with Crippen LogP contribution in [0, 0.1) is 0 Å². The molecule has 3 rings (SSSR count). The Bertz CT molecular complexity index is 1000. The lowest BCUT2D eigenvalue weighted by Gasteiger charge is -2.08. The van der Waals surface area contributed by atoms with Gasteiger partial charge in [0.2, 0.25) is 5.01 Å². The van der Waals surface area contributed by atoms with E-state index in [0.29, 0.717) is 36.0 Å². The zero-order valence-electron chi connectivity index (χ0n) is 17.4. The SMILES string of the molecule is CCCOc1ccc(CNC(=O)c2ccc(NC(=O)c3nnc(COC)s3)cc2)cc1. The van der Waals surface area contributed by atoms with Crippen LogP contribution in [0.3, 0.4) is 0 Å². The normalized spacial score (nSPS) is 10.5. The van der Waals surface area contributed by atoms with E-state index in [2.05, 4.69) is 27.8 Å². The second kappa shape index (κ2) is 11.2. The van der Waals surface area contributed by atoms with Crippen molar-refractivity contribution in [3.8, 4) is 5.75 Å². The zero-order valence-corrected chi connectivity index (χ0v) is 18.2. The highest BCUT2D eigenvalue weighted by atomic mass is 32.1. The number of nitrogens with one attached hydrogen (secondary N) is 2. The summed E-state index contributed by atoms with van der Waals surface area (Å²) in [7, 11) is 1.55. The molecule has 0 radical (unpaired) electrons. The number of rotatable bonds is 10. The molecule has 0 spiro atoms. The van der Waals surface area contributed by atoms with Crippen LogP contribution in [-0.2, 0) is 17.9 Å². The summed E-state index contributed by atoms with van der Waals surface area (Å²) >= 11 is 1.17. The fourth-order valence-corrected chi connectivity index (χ4v) is 3.33. The number of hydrogen-bond donors (Lipinski definition) is 2. The van der Waals surface area contributed by atoms with Crippen LogP contribution in [0.5, 0.6) is 5.75 Å². The number of nitrogens with zero attached hydrogens (tertiary/aromatic N) is 2. The third-order valence-electron chi connectivity index (χ3n) is 4.18. The highest BCUT2D eigenvalue weighted by Crippen LogP contribution is 2.16. The van der Waals surface area contributed by atoms with Crippen molar-refractivity contribution in [2.45, 2.75) is 26.5 Å². The first-order valence-corrected chi connectivity index (χ1v) is 10.6. The van der Waals surface area contributed by atoms with E-state index in [1.54, 1.807) is 31.4 Å². The van der Waals surface area contributed by atoms with Crippen molar-refractivity contribution in [3.05, 3.63) is 69.7 Å². The van der Waals surface area contributed by atoms with E-state index in [-0.39, 0.29) is 16.8 Å². The van der Waals surface area contributed by atoms with Crippen molar-refractivity contribution in [1.29, 1.82) is 0 Å². The largest absolute Gasteiger partial charge is 0.494 e. The number of aromatic nitrogens is 2. The Labute approximate surface area is 184 Å². The molecule has 0 bridgehead atoms. The lowest BCUT2D eigenvalue weighted by Crippen LogP contribution is -2.22. The van der Waals surface area contributed by atoms with Gasteiger partial charge in [-0.15, -0.1) is 10.2 Å². The van der Waals surface area contributed by atoms with Crippen molar-refractivity contribution in [1.82, 2.24) is 15.5 Å². The molecule has 2 N–H and O–H groups in total. The lowest BCUT2D eigenvalue weighted by molar-refractivity contribution is 0.0950. The average molecular weight is 441 g/mol. The molecule has 0 fully saturated rings. The summed E-state index contributed by atoms with van der Waals surface area (Å²) in [6.45, 7) is 3.46. The molecule has 0 aliphatic rings. The number of methoxy groups -OCH3 is 1. The molecule has 31 heavy (non-hydrogen) atoms. The van der Waals surface area contributed by atoms with Crippen molar-refractivity contribution >= 4 is 28.8 Å². The Morgan fingerprint density at radius 2 is 1.74 bits per heavy atom. The second-order valence-corrected chi connectivity index (χ2v) is 7.70. The average Bonchev–Trinajstić information content (AvgIpc) is 3.26. The molecule has 0 unspecified atom stereocenters. The van der Waals surface area contributed by atoms with Crippen LogP contribution in [0.4, 0.5) is 5.69 Å². The minimum absolute atomic E-state index is 0.197. The molecule has 0 saturated heterocycles. The Morgan fingerprint density at radius 3 is 2.42 bits per heavy atom. The summed E-state index contributed by atoms with van der Waals surface area (Å²) in [6, 6.07) is 14.3. The summed E-state index contributed by atoms with van der Waals surface area (Å²) in [4.78, 5) is 24.7. The summed E-state index contributed by atoms with van der Waals surface area (Å²) in [5.41, 5.74) is 2.04. The Kier molecular flexibility index (Phi) is 8.08. The van der Waals surface area contributed by atoms with Crippen LogP contribution < -0.4 is 15.4 Å². The van der Waals surface area contributed by atoms with Gasteiger partial charge in [-0.1, -0.05) is 30.4 Å². The zero-order chi connectivity index (χ0) is 22.1. The van der Waals surface area contributed by atoms with Crippen LogP contribution in [0.2, 0.25) is 0 Å². The standard InChI is InChI=1S/C22H24N4O4S/c1-3-12-30-18-10-4-15(5-11-18)13-23-20(27)16-6-8-17(9-7-16)24-21(28)22-26-25-19(31-22)14-29-2/h4-11H,3,12-14H2,1-2H3,(H,23,27)(H,24,28). The molecule has 1 aromatic heterocycles. The first-order chi connectivity index (χ1) is 15.1. The molecule has 8 nitrogen and oxygen atoms in total. The number of benzene rings is 2. The van der Waals surface area contributed by atoms with E-state index in [9.17, 15) is 9.59 Å². The fraction of sp³-hybridized carbons (Fsp3) is 0.273. The molecule has 162 valence electrons. The van der Waals surface area contributed by atoms with Crippen LogP contribution >= 0.6 is 11.3 Å². The van der Waals surface area contributed by atoms with Crippen molar-refractivity contribution in [3.63, 3.8) is 0 Å². The molecule has 0 atom stereocenters. The van der Waals surface area contributed by atoms with E-state index in [4.69, 9.17) is 9.47 Å². The highest BCUT2D eigenvalue weighted by Gasteiger charge is 2.13. The Morgan fingerprint density at radius 1 is 1.00 bits per heavy atom. The maximum absolute atomic E-state index is 12.4. The van der Waals surface area contributed by atoms with Crippen molar-refractivity contribution in [2.24, 2.45) is 0 Å². The number of hydrogen-bond acceptors (Lipinski definition) is 7. The number of carbonyl (C=O) groups excluding carboxylic acids is 2. The smallest absolute Gasteiger partial charge is 0.286 e. The van der Waals surface area contributed by atoms with Gasteiger partial charge in [-0.25, -0.2) is 0 Å². The fourth-order valence-electron chi connectivity index (χ4n) is 2.62. The third kappa shape index (κ3) is 6.59. The molecule has 3 aromatic rings. The summed E-state index contributed by atoms with van der Waals surface area (Å²) in [6.07, 6.45) is 0.956. The lowest BCUT2D eigenvalue weighted by atomic mass is 10.1. The van der Waals surface area contributed by atoms with E-state index in [1.165, 1.54) is 11.3 Å². The molecule has 0 aliphatic carbocycles. The first kappa shape index (κ1) is 22.4. The summed E-state index contributed by atoms with van der Waals surface area (Å²) in [5.74, 6) is 0.263. The van der Waals surface area contributed by atoms with Crippen LogP contribution in [0.1, 0.15) is 44.1 Å². The third-order valence-corrected chi connectivity index (χ3v) is 5.08. The molecule has 2 aromatic carbocycles. The maximum atomic E-state index is 12.4. The van der Waals surface area contributed by atoms with Gasteiger partial charge >= 0.3 is 0 Å². The van der Waals surface area contributed by atoms with Crippen LogP contribution in [-0.4, -0.2) is 35.7 Å². The minimum atomic E-state index is -0.358. The van der Waals surface area contributed by atoms with E-state index in [0.717, 1.165) is 17.7 Å². The van der Waals surface area contributed by atoms with Gasteiger partial charge in [-0.3, -0.25) is 9.59 Å². The van der Waals surface area contributed by atoms with Gasteiger partial charge in [0, 0.05) is 24.9 Å². The molecular formula is C22H24N4O4S. The van der Waals surface area contributed by atoms with E-state index >= 15 is 0 Å². The second-order valence-electron chi connectivity index (χ2n) is 6.64. The van der Waals surface area contributed by atoms with Gasteiger partial charge in [0.05, 0.1) is 13.2 Å². The Hall–Kier alpha value is -3.30. The molecular weight excluding hydrogens is 416 g/mol. The summed E-state index contributed by atoms with van der Waals surface area (Å²) < 4.78 is 10.5. The predicted octanol–water partition coefficient (Wildman–Crippen LogP) is 3.66. The quantitative estimate of drug-likeness (QED) is 0.499. The van der Waals surface area contributed by atoms with Gasteiger partial charge in [0.1, 0.15) is 10.8 Å². The number of anilines is 1. The molecule has 9 heteroatoms. The number of ether oxygens (including phenoxy) is 2. The summed E-state index contributed by atoms with van der Waals surface area (Å²) in [5, 5.41) is 14.2. The molecule has 2 amide bonds. The van der Waals surface area contributed by atoms with Crippen molar-refractivity contribution < 1.29 is 19.1 Å². The van der Waals surface area contributed by atoms with Gasteiger partial charge in [-0.05, 0) is 48.4 Å². The minimum Gasteiger partial charge on any atom is -0.494 e. The van der Waals surface area contributed by atoms with E-state index in [1.807, 2.05) is 24.3 Å². The number of carbonyl (C=O) groups is 2. The van der Waals surface area contributed by atoms with Crippen LogP contribution in [0.25, 0.3) is 0 Å². The molecule has 1 heterocycles. The molecule has 0 saturated carbocycles. The molecule has 0 aliphatic heterocycles. The van der Waals surface area contributed by atoms with Gasteiger partial charge < -0.3 is 20.1 Å². The maximum Gasteiger partial charge on any atom is 0.286 e. The first-order valence-electron chi connectivity index (χ1n) is 9.81. The predicted molar refractivity (Wildman–Crippen MR) is 118 cm³/mol. The van der Waals surface area contributed by atoms with Gasteiger partial charge in [0.15, 0.2) is 0 Å². The van der Waals surface area contributed by atoms with E-state index < -0.39 is 0 Å².